The molecule has 1 rings (SSSR count). The maximum Gasteiger partial charge on any atom is 0.258 e. The van der Waals surface area contributed by atoms with Crippen molar-refractivity contribution in [3.63, 3.8) is 0 Å². The minimum absolute atomic E-state index is 0.0708. The lowest BCUT2D eigenvalue weighted by molar-refractivity contribution is -0.124. The van der Waals surface area contributed by atoms with Crippen LogP contribution in [0.5, 0.6) is 5.75 Å². The zero-order valence-corrected chi connectivity index (χ0v) is 13.2. The van der Waals surface area contributed by atoms with E-state index in [1.165, 1.54) is 0 Å². The summed E-state index contributed by atoms with van der Waals surface area (Å²) in [5.74, 6) is 0.328. The minimum atomic E-state index is -0.654. The standard InChI is InChI=1S/C14H20BrNO3/c1-9(17)11-7-10(15)5-6-12(11)19-8-13(18)16-14(2,3)4/h5-7,9,17H,8H2,1-4H3,(H,16,18)/t9-/m0/s1. The van der Waals surface area contributed by atoms with Gasteiger partial charge in [0.1, 0.15) is 5.75 Å². The molecule has 106 valence electrons. The van der Waals surface area contributed by atoms with Crippen LogP contribution >= 0.6 is 15.9 Å². The molecule has 0 unspecified atom stereocenters. The second-order valence-electron chi connectivity index (χ2n) is 5.44. The van der Waals surface area contributed by atoms with Crippen LogP contribution in [0, 0.1) is 0 Å². The van der Waals surface area contributed by atoms with Gasteiger partial charge in [0.05, 0.1) is 6.10 Å². The van der Waals surface area contributed by atoms with Gasteiger partial charge in [-0.15, -0.1) is 0 Å². The molecule has 0 spiro atoms. The third-order valence-corrected chi connectivity index (χ3v) is 2.79. The Morgan fingerprint density at radius 2 is 2.11 bits per heavy atom. The Hall–Kier alpha value is -1.07. The third-order valence-electron chi connectivity index (χ3n) is 2.30. The van der Waals surface area contributed by atoms with Crippen LogP contribution in [0.2, 0.25) is 0 Å². The molecule has 0 saturated heterocycles. The average Bonchev–Trinajstić information content (AvgIpc) is 2.24. The fourth-order valence-corrected chi connectivity index (χ4v) is 1.95. The molecule has 2 N–H and O–H groups in total. The number of carbonyl (C=O) groups excluding carboxylic acids is 1. The van der Waals surface area contributed by atoms with Crippen LogP contribution in [0.1, 0.15) is 39.4 Å². The average molecular weight is 330 g/mol. The number of nitrogens with one attached hydrogen (secondary N) is 1. The van der Waals surface area contributed by atoms with Gasteiger partial charge in [-0.3, -0.25) is 4.79 Å². The molecule has 0 saturated carbocycles. The van der Waals surface area contributed by atoms with Gasteiger partial charge >= 0.3 is 0 Å². The molecule has 1 aromatic rings. The van der Waals surface area contributed by atoms with E-state index in [2.05, 4.69) is 21.2 Å². The Balaban J connectivity index is 2.70. The SMILES string of the molecule is C[C@H](O)c1cc(Br)ccc1OCC(=O)NC(C)(C)C. The number of aliphatic hydroxyl groups is 1. The Morgan fingerprint density at radius 3 is 2.63 bits per heavy atom. The van der Waals surface area contributed by atoms with Crippen molar-refractivity contribution in [3.8, 4) is 5.75 Å². The van der Waals surface area contributed by atoms with Gasteiger partial charge in [-0.05, 0) is 45.9 Å². The molecular weight excluding hydrogens is 310 g/mol. The van der Waals surface area contributed by atoms with Gasteiger partial charge in [0.15, 0.2) is 6.61 Å². The third kappa shape index (κ3) is 5.61. The summed E-state index contributed by atoms with van der Waals surface area (Å²) in [5.41, 5.74) is 0.366. The molecule has 0 aromatic heterocycles. The van der Waals surface area contributed by atoms with Crippen molar-refractivity contribution in [1.82, 2.24) is 5.32 Å². The summed E-state index contributed by atoms with van der Waals surface area (Å²) in [6.07, 6.45) is -0.654. The highest BCUT2D eigenvalue weighted by Gasteiger charge is 2.15. The molecule has 0 radical (unpaired) electrons. The number of rotatable bonds is 4. The maximum atomic E-state index is 11.7. The van der Waals surface area contributed by atoms with Gasteiger partial charge in [0.25, 0.3) is 5.91 Å². The van der Waals surface area contributed by atoms with E-state index < -0.39 is 6.10 Å². The Morgan fingerprint density at radius 1 is 1.47 bits per heavy atom. The normalized spacial score (nSPS) is 12.9. The number of hydrogen-bond donors (Lipinski definition) is 2. The van der Waals surface area contributed by atoms with Gasteiger partial charge in [-0.1, -0.05) is 15.9 Å². The van der Waals surface area contributed by atoms with Gasteiger partial charge in [-0.25, -0.2) is 0 Å². The molecule has 1 amide bonds. The van der Waals surface area contributed by atoms with Crippen molar-refractivity contribution in [3.05, 3.63) is 28.2 Å². The van der Waals surface area contributed by atoms with Crippen molar-refractivity contribution >= 4 is 21.8 Å². The minimum Gasteiger partial charge on any atom is -0.483 e. The highest BCUT2D eigenvalue weighted by molar-refractivity contribution is 9.10. The van der Waals surface area contributed by atoms with Gasteiger partial charge < -0.3 is 15.2 Å². The topological polar surface area (TPSA) is 58.6 Å². The Bertz CT molecular complexity index is 452. The smallest absolute Gasteiger partial charge is 0.258 e. The second-order valence-corrected chi connectivity index (χ2v) is 6.36. The van der Waals surface area contributed by atoms with Crippen LogP contribution in [0.25, 0.3) is 0 Å². The molecule has 0 aliphatic heterocycles. The zero-order chi connectivity index (χ0) is 14.6. The first-order chi connectivity index (χ1) is 8.69. The van der Waals surface area contributed by atoms with E-state index in [-0.39, 0.29) is 18.1 Å². The van der Waals surface area contributed by atoms with E-state index in [9.17, 15) is 9.90 Å². The number of hydrogen-bond acceptors (Lipinski definition) is 3. The molecule has 19 heavy (non-hydrogen) atoms. The molecule has 0 aliphatic carbocycles. The van der Waals surface area contributed by atoms with Crippen molar-refractivity contribution < 1.29 is 14.6 Å². The molecule has 0 bridgehead atoms. The molecule has 0 fully saturated rings. The van der Waals surface area contributed by atoms with Gasteiger partial charge in [0.2, 0.25) is 0 Å². The molecule has 0 aliphatic rings. The number of amides is 1. The summed E-state index contributed by atoms with van der Waals surface area (Å²) >= 11 is 3.34. The summed E-state index contributed by atoms with van der Waals surface area (Å²) in [5, 5.41) is 12.5. The van der Waals surface area contributed by atoms with Crippen LogP contribution in [0.3, 0.4) is 0 Å². The number of aliphatic hydroxyl groups excluding tert-OH is 1. The van der Waals surface area contributed by atoms with E-state index in [0.717, 1.165) is 4.47 Å². The lowest BCUT2D eigenvalue weighted by atomic mass is 10.1. The van der Waals surface area contributed by atoms with E-state index in [0.29, 0.717) is 11.3 Å². The summed E-state index contributed by atoms with van der Waals surface area (Å²) < 4.78 is 6.32. The van der Waals surface area contributed by atoms with Gasteiger partial charge in [0, 0.05) is 15.6 Å². The summed E-state index contributed by atoms with van der Waals surface area (Å²) in [6.45, 7) is 7.31. The summed E-state index contributed by atoms with van der Waals surface area (Å²) in [4.78, 5) is 11.7. The van der Waals surface area contributed by atoms with E-state index in [1.807, 2.05) is 26.8 Å². The van der Waals surface area contributed by atoms with E-state index >= 15 is 0 Å². The summed E-state index contributed by atoms with van der Waals surface area (Å²) in [7, 11) is 0. The highest BCUT2D eigenvalue weighted by Crippen LogP contribution is 2.28. The molecule has 1 atom stereocenters. The first-order valence-corrected chi connectivity index (χ1v) is 6.89. The highest BCUT2D eigenvalue weighted by atomic mass is 79.9. The fraction of sp³-hybridized carbons (Fsp3) is 0.500. The number of ether oxygens (including phenoxy) is 1. The van der Waals surface area contributed by atoms with Crippen molar-refractivity contribution in [2.45, 2.75) is 39.3 Å². The van der Waals surface area contributed by atoms with Gasteiger partial charge in [-0.2, -0.15) is 0 Å². The molecule has 0 heterocycles. The number of carbonyl (C=O) groups is 1. The lowest BCUT2D eigenvalue weighted by Crippen LogP contribution is -2.43. The molecule has 4 nitrogen and oxygen atoms in total. The first kappa shape index (κ1) is 16.0. The second kappa shape index (κ2) is 6.39. The zero-order valence-electron chi connectivity index (χ0n) is 11.7. The van der Waals surface area contributed by atoms with Crippen LogP contribution in [-0.2, 0) is 4.79 Å². The molecule has 5 heteroatoms. The molecular formula is C14H20BrNO3. The number of halogens is 1. The van der Waals surface area contributed by atoms with Crippen molar-refractivity contribution in [2.24, 2.45) is 0 Å². The lowest BCUT2D eigenvalue weighted by Gasteiger charge is -2.21. The quantitative estimate of drug-likeness (QED) is 0.892. The first-order valence-electron chi connectivity index (χ1n) is 6.10. The van der Waals surface area contributed by atoms with Crippen molar-refractivity contribution in [2.75, 3.05) is 6.61 Å². The Kier molecular flexibility index (Phi) is 5.38. The van der Waals surface area contributed by atoms with E-state index in [1.54, 1.807) is 19.1 Å². The van der Waals surface area contributed by atoms with Crippen LogP contribution in [0.15, 0.2) is 22.7 Å². The predicted molar refractivity (Wildman–Crippen MR) is 78.2 cm³/mol. The predicted octanol–water partition coefficient (Wildman–Crippen LogP) is 2.80. The molecule has 1 aromatic carbocycles. The maximum absolute atomic E-state index is 11.7. The van der Waals surface area contributed by atoms with Crippen LogP contribution in [-0.4, -0.2) is 23.2 Å². The van der Waals surface area contributed by atoms with Crippen molar-refractivity contribution in [1.29, 1.82) is 0 Å². The monoisotopic (exact) mass is 329 g/mol. The Labute approximate surface area is 122 Å². The van der Waals surface area contributed by atoms with Crippen LogP contribution in [0.4, 0.5) is 0 Å². The van der Waals surface area contributed by atoms with Crippen LogP contribution < -0.4 is 10.1 Å². The fourth-order valence-electron chi connectivity index (χ4n) is 1.57. The number of benzene rings is 1. The summed E-state index contributed by atoms with van der Waals surface area (Å²) in [6, 6.07) is 5.32. The van der Waals surface area contributed by atoms with E-state index in [4.69, 9.17) is 4.74 Å². The largest absolute Gasteiger partial charge is 0.483 e.